The number of amides is 1. The largest absolute Gasteiger partial charge is 0.363 e. The number of anilines is 1. The van der Waals surface area contributed by atoms with Crippen LogP contribution in [0.25, 0.3) is 0 Å². The zero-order chi connectivity index (χ0) is 11.4. The molecular formula is C10H10N4O2. The van der Waals surface area contributed by atoms with Gasteiger partial charge in [0, 0.05) is 6.07 Å². The molecule has 0 saturated carbocycles. The lowest BCUT2D eigenvalue weighted by atomic mass is 10.3. The van der Waals surface area contributed by atoms with E-state index in [4.69, 9.17) is 0 Å². The number of carbonyl (C=O) groups is 1. The second kappa shape index (κ2) is 4.52. The van der Waals surface area contributed by atoms with Gasteiger partial charge in [-0.3, -0.25) is 4.79 Å². The first-order valence-corrected chi connectivity index (χ1v) is 4.84. The van der Waals surface area contributed by atoms with Gasteiger partial charge in [0.1, 0.15) is 6.26 Å². The van der Waals surface area contributed by atoms with Crippen molar-refractivity contribution >= 4 is 11.7 Å². The lowest BCUT2D eigenvalue weighted by molar-refractivity contribution is 0.102. The van der Waals surface area contributed by atoms with E-state index < -0.39 is 0 Å². The normalized spacial score (nSPS) is 10.1. The minimum absolute atomic E-state index is 0.250. The number of rotatable bonds is 3. The molecule has 1 amide bonds. The SMILES string of the molecule is CCc1ccc(C(=O)Nc2ccon2)nn1. The van der Waals surface area contributed by atoms with E-state index in [0.29, 0.717) is 5.82 Å². The monoisotopic (exact) mass is 218 g/mol. The molecule has 0 spiro atoms. The van der Waals surface area contributed by atoms with Gasteiger partial charge in [0.25, 0.3) is 5.91 Å². The molecule has 6 nitrogen and oxygen atoms in total. The fourth-order valence-corrected chi connectivity index (χ4v) is 1.13. The third-order valence-electron chi connectivity index (χ3n) is 1.99. The van der Waals surface area contributed by atoms with Crippen LogP contribution in [0.2, 0.25) is 0 Å². The molecule has 0 atom stereocenters. The van der Waals surface area contributed by atoms with Crippen LogP contribution in [0.1, 0.15) is 23.1 Å². The van der Waals surface area contributed by atoms with Crippen molar-refractivity contribution < 1.29 is 9.32 Å². The van der Waals surface area contributed by atoms with Gasteiger partial charge in [-0.15, -0.1) is 5.10 Å². The molecule has 0 aliphatic rings. The Bertz CT molecular complexity index is 464. The molecule has 2 aromatic heterocycles. The maximum Gasteiger partial charge on any atom is 0.277 e. The van der Waals surface area contributed by atoms with Crippen molar-refractivity contribution in [3.63, 3.8) is 0 Å². The molecule has 16 heavy (non-hydrogen) atoms. The minimum Gasteiger partial charge on any atom is -0.363 e. The molecule has 6 heteroatoms. The van der Waals surface area contributed by atoms with Gasteiger partial charge >= 0.3 is 0 Å². The highest BCUT2D eigenvalue weighted by Crippen LogP contribution is 2.04. The Morgan fingerprint density at radius 2 is 2.25 bits per heavy atom. The van der Waals surface area contributed by atoms with E-state index in [1.165, 1.54) is 6.26 Å². The van der Waals surface area contributed by atoms with Gasteiger partial charge in [-0.05, 0) is 18.6 Å². The Labute approximate surface area is 91.7 Å². The van der Waals surface area contributed by atoms with Crippen LogP contribution >= 0.6 is 0 Å². The fraction of sp³-hybridized carbons (Fsp3) is 0.200. The van der Waals surface area contributed by atoms with E-state index in [9.17, 15) is 4.79 Å². The number of hydrogen-bond donors (Lipinski definition) is 1. The first kappa shape index (κ1) is 10.3. The number of aromatic nitrogens is 3. The molecule has 1 N–H and O–H groups in total. The highest BCUT2D eigenvalue weighted by Gasteiger charge is 2.09. The lowest BCUT2D eigenvalue weighted by Gasteiger charge is -2.00. The van der Waals surface area contributed by atoms with E-state index in [1.807, 2.05) is 6.92 Å². The van der Waals surface area contributed by atoms with E-state index in [-0.39, 0.29) is 11.6 Å². The van der Waals surface area contributed by atoms with Crippen LogP contribution < -0.4 is 5.32 Å². The number of nitrogens with zero attached hydrogens (tertiary/aromatic N) is 3. The first-order valence-electron chi connectivity index (χ1n) is 4.84. The van der Waals surface area contributed by atoms with Crippen LogP contribution in [0.15, 0.2) is 29.0 Å². The quantitative estimate of drug-likeness (QED) is 0.839. The molecule has 0 unspecified atom stereocenters. The van der Waals surface area contributed by atoms with Crippen molar-refractivity contribution in [1.82, 2.24) is 15.4 Å². The molecule has 0 aliphatic carbocycles. The fourth-order valence-electron chi connectivity index (χ4n) is 1.13. The van der Waals surface area contributed by atoms with Gasteiger partial charge in [-0.25, -0.2) is 0 Å². The third kappa shape index (κ3) is 2.22. The van der Waals surface area contributed by atoms with E-state index >= 15 is 0 Å². The number of nitrogens with one attached hydrogen (secondary N) is 1. The summed E-state index contributed by atoms with van der Waals surface area (Å²) in [5.41, 5.74) is 1.10. The summed E-state index contributed by atoms with van der Waals surface area (Å²) in [6.45, 7) is 1.97. The Morgan fingerprint density at radius 3 is 2.81 bits per heavy atom. The maximum atomic E-state index is 11.6. The highest BCUT2D eigenvalue weighted by atomic mass is 16.5. The molecule has 0 aliphatic heterocycles. The van der Waals surface area contributed by atoms with Gasteiger partial charge in [-0.2, -0.15) is 5.10 Å². The van der Waals surface area contributed by atoms with Crippen molar-refractivity contribution in [2.24, 2.45) is 0 Å². The molecular weight excluding hydrogens is 208 g/mol. The van der Waals surface area contributed by atoms with Crippen LogP contribution in [0.5, 0.6) is 0 Å². The number of hydrogen-bond acceptors (Lipinski definition) is 5. The van der Waals surface area contributed by atoms with Gasteiger partial charge in [0.05, 0.1) is 5.69 Å². The second-order valence-corrected chi connectivity index (χ2v) is 3.10. The summed E-state index contributed by atoms with van der Waals surface area (Å²) in [7, 11) is 0. The summed E-state index contributed by atoms with van der Waals surface area (Å²) in [6.07, 6.45) is 2.17. The number of aryl methyl sites for hydroxylation is 1. The first-order chi connectivity index (χ1) is 7.79. The molecule has 0 radical (unpaired) electrons. The van der Waals surface area contributed by atoms with Crippen molar-refractivity contribution in [2.45, 2.75) is 13.3 Å². The summed E-state index contributed by atoms with van der Waals surface area (Å²) in [4.78, 5) is 11.6. The molecule has 0 aromatic carbocycles. The van der Waals surface area contributed by atoms with Gasteiger partial charge in [0.15, 0.2) is 11.5 Å². The standard InChI is InChI=1S/C10H10N4O2/c1-2-7-3-4-8(13-12-7)10(15)11-9-5-6-16-14-9/h3-6H,2H2,1H3,(H,11,14,15). The zero-order valence-corrected chi connectivity index (χ0v) is 8.67. The van der Waals surface area contributed by atoms with Crippen LogP contribution in [0, 0.1) is 0 Å². The smallest absolute Gasteiger partial charge is 0.277 e. The molecule has 2 aromatic rings. The third-order valence-corrected chi connectivity index (χ3v) is 1.99. The van der Waals surface area contributed by atoms with E-state index in [0.717, 1.165) is 12.1 Å². The Morgan fingerprint density at radius 1 is 1.38 bits per heavy atom. The van der Waals surface area contributed by atoms with Crippen LogP contribution in [0.3, 0.4) is 0 Å². The van der Waals surface area contributed by atoms with Crippen molar-refractivity contribution in [1.29, 1.82) is 0 Å². The molecule has 0 saturated heterocycles. The van der Waals surface area contributed by atoms with Gasteiger partial charge in [-0.1, -0.05) is 12.1 Å². The van der Waals surface area contributed by atoms with Gasteiger partial charge in [0.2, 0.25) is 0 Å². The Balaban J connectivity index is 2.09. The average molecular weight is 218 g/mol. The van der Waals surface area contributed by atoms with Crippen LogP contribution in [-0.2, 0) is 6.42 Å². The summed E-state index contributed by atoms with van der Waals surface area (Å²) in [5, 5.41) is 13.8. The maximum absolute atomic E-state index is 11.6. The average Bonchev–Trinajstić information content (AvgIpc) is 2.82. The predicted octanol–water partition coefficient (Wildman–Crippen LogP) is 1.28. The lowest BCUT2D eigenvalue weighted by Crippen LogP contribution is -2.14. The summed E-state index contributed by atoms with van der Waals surface area (Å²) < 4.78 is 4.59. The number of carbonyl (C=O) groups excluding carboxylic acids is 1. The topological polar surface area (TPSA) is 80.9 Å². The molecule has 82 valence electrons. The second-order valence-electron chi connectivity index (χ2n) is 3.10. The van der Waals surface area contributed by atoms with Crippen LogP contribution in [-0.4, -0.2) is 21.3 Å². The molecule has 0 fully saturated rings. The molecule has 2 heterocycles. The minimum atomic E-state index is -0.357. The van der Waals surface area contributed by atoms with Crippen molar-refractivity contribution in [2.75, 3.05) is 5.32 Å². The zero-order valence-electron chi connectivity index (χ0n) is 8.67. The summed E-state index contributed by atoms with van der Waals surface area (Å²) in [6, 6.07) is 4.94. The van der Waals surface area contributed by atoms with E-state index in [2.05, 4.69) is 25.2 Å². The van der Waals surface area contributed by atoms with E-state index in [1.54, 1.807) is 18.2 Å². The molecule has 0 bridgehead atoms. The van der Waals surface area contributed by atoms with Crippen LogP contribution in [0.4, 0.5) is 5.82 Å². The molecule has 2 rings (SSSR count). The highest BCUT2D eigenvalue weighted by molar-refractivity contribution is 6.02. The summed E-state index contributed by atoms with van der Waals surface area (Å²) >= 11 is 0. The Kier molecular flexibility index (Phi) is 2.90. The summed E-state index contributed by atoms with van der Waals surface area (Å²) in [5.74, 6) is -0.00424. The Hall–Kier alpha value is -2.24. The predicted molar refractivity (Wildman–Crippen MR) is 55.9 cm³/mol. The van der Waals surface area contributed by atoms with Crippen molar-refractivity contribution in [3.05, 3.63) is 35.9 Å². The van der Waals surface area contributed by atoms with Gasteiger partial charge < -0.3 is 9.84 Å². The van der Waals surface area contributed by atoms with Crippen molar-refractivity contribution in [3.8, 4) is 0 Å².